The summed E-state index contributed by atoms with van der Waals surface area (Å²) in [5.74, 6) is 0.591. The molecule has 1 aliphatic heterocycles. The van der Waals surface area contributed by atoms with E-state index in [4.69, 9.17) is 5.73 Å². The lowest BCUT2D eigenvalue weighted by atomic mass is 9.71. The molecule has 2 N–H and O–H groups in total. The van der Waals surface area contributed by atoms with Crippen LogP contribution >= 0.6 is 0 Å². The van der Waals surface area contributed by atoms with Gasteiger partial charge in [0.2, 0.25) is 11.8 Å². The smallest absolute Gasteiger partial charge is 0.225 e. The monoisotopic (exact) mass is 351 g/mol. The Hall–Kier alpha value is -1.10. The maximum atomic E-state index is 12.8. The lowest BCUT2D eigenvalue weighted by Crippen LogP contribution is -2.46. The number of amides is 2. The van der Waals surface area contributed by atoms with Gasteiger partial charge in [-0.25, -0.2) is 0 Å². The molecule has 2 aliphatic rings. The number of hydrogen-bond acceptors (Lipinski definition) is 3. The fraction of sp³-hybridized carbons (Fsp3) is 0.900. The second kappa shape index (κ2) is 9.56. The fourth-order valence-corrected chi connectivity index (χ4v) is 4.38. The zero-order chi connectivity index (χ0) is 18.3. The van der Waals surface area contributed by atoms with Gasteiger partial charge in [0.15, 0.2) is 0 Å². The van der Waals surface area contributed by atoms with E-state index in [-0.39, 0.29) is 23.1 Å². The van der Waals surface area contributed by atoms with Gasteiger partial charge in [0.25, 0.3) is 0 Å². The highest BCUT2D eigenvalue weighted by Crippen LogP contribution is 2.39. The van der Waals surface area contributed by atoms with Gasteiger partial charge in [-0.3, -0.25) is 9.59 Å². The summed E-state index contributed by atoms with van der Waals surface area (Å²) >= 11 is 0. The Kier molecular flexibility index (Phi) is 7.73. The van der Waals surface area contributed by atoms with Crippen LogP contribution in [0, 0.1) is 11.3 Å². The molecule has 0 aromatic heterocycles. The molecule has 2 fully saturated rings. The number of nitrogens with zero attached hydrogens (tertiary/aromatic N) is 2. The van der Waals surface area contributed by atoms with Crippen molar-refractivity contribution in [3.05, 3.63) is 0 Å². The first-order chi connectivity index (χ1) is 12.0. The standard InChI is InChI=1S/C20H37N3O2/c1-3-4-12-22(2)19(25)17-8-13-23(14-9-17)18(24)15-20(16-21)10-6-5-7-11-20/h17H,3-16,21H2,1-2H3. The van der Waals surface area contributed by atoms with Gasteiger partial charge in [-0.1, -0.05) is 32.6 Å². The molecule has 0 aromatic rings. The topological polar surface area (TPSA) is 66.6 Å². The largest absolute Gasteiger partial charge is 0.346 e. The quantitative estimate of drug-likeness (QED) is 0.767. The van der Waals surface area contributed by atoms with Crippen molar-refractivity contribution < 1.29 is 9.59 Å². The van der Waals surface area contributed by atoms with E-state index >= 15 is 0 Å². The molecule has 0 aromatic carbocycles. The van der Waals surface area contributed by atoms with Gasteiger partial charge in [0.05, 0.1) is 0 Å². The molecular weight excluding hydrogens is 314 g/mol. The number of rotatable bonds is 7. The van der Waals surface area contributed by atoms with Crippen LogP contribution in [0.15, 0.2) is 0 Å². The molecule has 5 heteroatoms. The first-order valence-electron chi connectivity index (χ1n) is 10.2. The third-order valence-electron chi connectivity index (χ3n) is 6.29. The SMILES string of the molecule is CCCCN(C)C(=O)C1CCN(C(=O)CC2(CN)CCCCC2)CC1. The van der Waals surface area contributed by atoms with Gasteiger partial charge in [0.1, 0.15) is 0 Å². The van der Waals surface area contributed by atoms with Crippen LogP contribution in [0.2, 0.25) is 0 Å². The van der Waals surface area contributed by atoms with E-state index in [0.29, 0.717) is 13.0 Å². The fourth-order valence-electron chi connectivity index (χ4n) is 4.38. The van der Waals surface area contributed by atoms with Gasteiger partial charge >= 0.3 is 0 Å². The lowest BCUT2D eigenvalue weighted by Gasteiger charge is -2.39. The lowest BCUT2D eigenvalue weighted by molar-refractivity contribution is -0.141. The maximum Gasteiger partial charge on any atom is 0.225 e. The van der Waals surface area contributed by atoms with Crippen molar-refractivity contribution in [3.8, 4) is 0 Å². The van der Waals surface area contributed by atoms with E-state index in [1.165, 1.54) is 19.3 Å². The summed E-state index contributed by atoms with van der Waals surface area (Å²) in [7, 11) is 1.91. The Morgan fingerprint density at radius 3 is 2.36 bits per heavy atom. The molecule has 0 unspecified atom stereocenters. The van der Waals surface area contributed by atoms with Crippen LogP contribution in [0.4, 0.5) is 0 Å². The maximum absolute atomic E-state index is 12.8. The van der Waals surface area contributed by atoms with Crippen LogP contribution < -0.4 is 5.73 Å². The van der Waals surface area contributed by atoms with E-state index < -0.39 is 0 Å². The number of piperidine rings is 1. The summed E-state index contributed by atoms with van der Waals surface area (Å²) in [4.78, 5) is 29.1. The van der Waals surface area contributed by atoms with Crippen LogP contribution in [0.3, 0.4) is 0 Å². The summed E-state index contributed by atoms with van der Waals surface area (Å²) in [5, 5.41) is 0. The van der Waals surface area contributed by atoms with Gasteiger partial charge < -0.3 is 15.5 Å². The number of unbranched alkanes of at least 4 members (excludes halogenated alkanes) is 1. The Bertz CT molecular complexity index is 438. The van der Waals surface area contributed by atoms with Crippen molar-refractivity contribution in [2.24, 2.45) is 17.1 Å². The number of carbonyl (C=O) groups is 2. The van der Waals surface area contributed by atoms with Crippen LogP contribution in [0.5, 0.6) is 0 Å². The highest BCUT2D eigenvalue weighted by Gasteiger charge is 2.36. The molecular formula is C20H37N3O2. The van der Waals surface area contributed by atoms with E-state index in [9.17, 15) is 9.59 Å². The van der Waals surface area contributed by atoms with Gasteiger partial charge in [-0.2, -0.15) is 0 Å². The number of carbonyl (C=O) groups excluding carboxylic acids is 2. The summed E-state index contributed by atoms with van der Waals surface area (Å²) in [6.07, 6.45) is 10.2. The van der Waals surface area contributed by atoms with Crippen molar-refractivity contribution in [2.75, 3.05) is 33.2 Å². The van der Waals surface area contributed by atoms with E-state index in [2.05, 4.69) is 6.92 Å². The predicted octanol–water partition coefficient (Wildman–Crippen LogP) is 2.78. The number of nitrogens with two attached hydrogens (primary N) is 1. The Labute approximate surface area is 153 Å². The third-order valence-corrected chi connectivity index (χ3v) is 6.29. The second-order valence-electron chi connectivity index (χ2n) is 8.21. The van der Waals surface area contributed by atoms with Crippen LogP contribution in [0.1, 0.15) is 71.1 Å². The van der Waals surface area contributed by atoms with Crippen molar-refractivity contribution in [3.63, 3.8) is 0 Å². The van der Waals surface area contributed by atoms with E-state index in [1.54, 1.807) is 0 Å². The van der Waals surface area contributed by atoms with Crippen LogP contribution in [0.25, 0.3) is 0 Å². The zero-order valence-electron chi connectivity index (χ0n) is 16.3. The molecule has 1 saturated carbocycles. The normalized spacial score (nSPS) is 21.2. The van der Waals surface area contributed by atoms with Crippen molar-refractivity contribution in [1.82, 2.24) is 9.80 Å². The zero-order valence-corrected chi connectivity index (χ0v) is 16.3. The van der Waals surface area contributed by atoms with Crippen LogP contribution in [-0.2, 0) is 9.59 Å². The van der Waals surface area contributed by atoms with Crippen molar-refractivity contribution in [1.29, 1.82) is 0 Å². The van der Waals surface area contributed by atoms with Crippen molar-refractivity contribution >= 4 is 11.8 Å². The number of hydrogen-bond donors (Lipinski definition) is 1. The van der Waals surface area contributed by atoms with Crippen molar-refractivity contribution in [2.45, 2.75) is 71.1 Å². The summed E-state index contributed by atoms with van der Waals surface area (Å²) in [6, 6.07) is 0. The van der Waals surface area contributed by atoms with E-state index in [0.717, 1.165) is 58.2 Å². The number of likely N-dealkylation sites (tertiary alicyclic amines) is 1. The molecule has 0 radical (unpaired) electrons. The van der Waals surface area contributed by atoms with E-state index in [1.807, 2.05) is 16.8 Å². The molecule has 5 nitrogen and oxygen atoms in total. The minimum absolute atomic E-state index is 0.0301. The second-order valence-corrected chi connectivity index (χ2v) is 8.21. The predicted molar refractivity (Wildman–Crippen MR) is 101 cm³/mol. The summed E-state index contributed by atoms with van der Waals surface area (Å²) in [6.45, 7) is 5.04. The summed E-state index contributed by atoms with van der Waals surface area (Å²) in [5.41, 5.74) is 6.06. The molecule has 144 valence electrons. The van der Waals surface area contributed by atoms with Gasteiger partial charge in [-0.05, 0) is 44.1 Å². The Morgan fingerprint density at radius 1 is 1.16 bits per heavy atom. The average molecular weight is 352 g/mol. The highest BCUT2D eigenvalue weighted by molar-refractivity contribution is 5.80. The molecule has 1 aliphatic carbocycles. The molecule has 1 heterocycles. The Balaban J connectivity index is 1.80. The summed E-state index contributed by atoms with van der Waals surface area (Å²) < 4.78 is 0. The van der Waals surface area contributed by atoms with Gasteiger partial charge in [0, 0.05) is 39.0 Å². The molecule has 2 amide bonds. The molecule has 2 rings (SSSR count). The van der Waals surface area contributed by atoms with Gasteiger partial charge in [-0.15, -0.1) is 0 Å². The first kappa shape index (κ1) is 20.2. The highest BCUT2D eigenvalue weighted by atomic mass is 16.2. The molecule has 0 atom stereocenters. The molecule has 0 bridgehead atoms. The molecule has 1 saturated heterocycles. The molecule has 0 spiro atoms. The minimum Gasteiger partial charge on any atom is -0.346 e. The molecule has 25 heavy (non-hydrogen) atoms. The minimum atomic E-state index is 0.0301. The van der Waals surface area contributed by atoms with Crippen LogP contribution in [-0.4, -0.2) is 54.8 Å². The first-order valence-corrected chi connectivity index (χ1v) is 10.2. The average Bonchev–Trinajstić information content (AvgIpc) is 2.66. The third kappa shape index (κ3) is 5.44. The Morgan fingerprint density at radius 2 is 1.80 bits per heavy atom.